The Kier molecular flexibility index (Phi) is 3.92. The van der Waals surface area contributed by atoms with E-state index < -0.39 is 0 Å². The smallest absolute Gasteiger partial charge is 0.231 e. The molecule has 1 aliphatic rings. The van der Waals surface area contributed by atoms with Gasteiger partial charge in [0.15, 0.2) is 0 Å². The molecule has 0 bridgehead atoms. The molecule has 3 heterocycles. The van der Waals surface area contributed by atoms with Crippen molar-refractivity contribution in [1.29, 1.82) is 0 Å². The summed E-state index contributed by atoms with van der Waals surface area (Å²) in [6.45, 7) is 1.96. The zero-order chi connectivity index (χ0) is 14.7. The molecular weight excluding hydrogens is 270 g/mol. The van der Waals surface area contributed by atoms with E-state index >= 15 is 0 Å². The molecule has 110 valence electrons. The number of carbonyl (C=O) groups excluding carboxylic acids is 1. The summed E-state index contributed by atoms with van der Waals surface area (Å²) in [5.74, 6) is 1.22. The summed E-state index contributed by atoms with van der Waals surface area (Å²) in [6, 6.07) is 3.70. The zero-order valence-electron chi connectivity index (χ0n) is 11.6. The van der Waals surface area contributed by atoms with Crippen molar-refractivity contribution in [2.45, 2.75) is 18.8 Å². The number of aromatic nitrogens is 3. The van der Waals surface area contributed by atoms with E-state index in [9.17, 15) is 4.79 Å². The van der Waals surface area contributed by atoms with Gasteiger partial charge in [-0.05, 0) is 38.1 Å². The minimum absolute atomic E-state index is 0.247. The third-order valence-corrected chi connectivity index (χ3v) is 3.70. The van der Waals surface area contributed by atoms with E-state index in [1.54, 1.807) is 12.4 Å². The fourth-order valence-corrected chi connectivity index (χ4v) is 2.58. The molecule has 2 N–H and O–H groups in total. The average molecular weight is 287 g/mol. The van der Waals surface area contributed by atoms with E-state index in [1.807, 2.05) is 12.1 Å². The van der Waals surface area contributed by atoms with E-state index in [4.69, 9.17) is 10.3 Å². The summed E-state index contributed by atoms with van der Waals surface area (Å²) in [4.78, 5) is 21.4. The standard InChI is InChI=1S/C14H17N5O2/c15-12(20)9-19-7-3-11(4-8-19)14-17-13(18-21-14)10-1-5-16-6-2-10/h1-2,5-6,11H,3-4,7-9H2,(H2,15,20). The van der Waals surface area contributed by atoms with Gasteiger partial charge in [0.25, 0.3) is 0 Å². The monoisotopic (exact) mass is 287 g/mol. The molecule has 1 amide bonds. The van der Waals surface area contributed by atoms with Crippen LogP contribution in [-0.2, 0) is 4.79 Å². The maximum absolute atomic E-state index is 10.9. The van der Waals surface area contributed by atoms with Gasteiger partial charge in [-0.15, -0.1) is 0 Å². The van der Waals surface area contributed by atoms with Gasteiger partial charge in [-0.25, -0.2) is 0 Å². The van der Waals surface area contributed by atoms with Gasteiger partial charge in [0.2, 0.25) is 17.6 Å². The molecule has 21 heavy (non-hydrogen) atoms. The number of nitrogens with zero attached hydrogens (tertiary/aromatic N) is 4. The Balaban J connectivity index is 1.64. The number of hydrogen-bond donors (Lipinski definition) is 1. The van der Waals surface area contributed by atoms with Crippen LogP contribution in [0.1, 0.15) is 24.7 Å². The molecule has 0 atom stereocenters. The van der Waals surface area contributed by atoms with Gasteiger partial charge < -0.3 is 10.3 Å². The molecule has 2 aromatic rings. The van der Waals surface area contributed by atoms with Gasteiger partial charge >= 0.3 is 0 Å². The number of piperidine rings is 1. The highest BCUT2D eigenvalue weighted by atomic mass is 16.5. The SMILES string of the molecule is NC(=O)CN1CCC(c2nc(-c3ccncc3)no2)CC1. The molecule has 0 saturated carbocycles. The van der Waals surface area contributed by atoms with Crippen LogP contribution >= 0.6 is 0 Å². The Morgan fingerprint density at radius 3 is 2.71 bits per heavy atom. The summed E-state index contributed by atoms with van der Waals surface area (Å²) in [7, 11) is 0. The number of carbonyl (C=O) groups is 1. The first-order valence-electron chi connectivity index (χ1n) is 6.97. The minimum atomic E-state index is -0.286. The van der Waals surface area contributed by atoms with Gasteiger partial charge in [-0.2, -0.15) is 4.98 Å². The van der Waals surface area contributed by atoms with Crippen LogP contribution in [-0.4, -0.2) is 45.6 Å². The second kappa shape index (κ2) is 6.01. The van der Waals surface area contributed by atoms with E-state index in [0.717, 1.165) is 31.5 Å². The molecular formula is C14H17N5O2. The fraction of sp³-hybridized carbons (Fsp3) is 0.429. The van der Waals surface area contributed by atoms with Gasteiger partial charge in [-0.1, -0.05) is 5.16 Å². The Hall–Kier alpha value is -2.28. The number of nitrogens with two attached hydrogens (primary N) is 1. The van der Waals surface area contributed by atoms with Crippen LogP contribution in [0.4, 0.5) is 0 Å². The maximum Gasteiger partial charge on any atom is 0.231 e. The fourth-order valence-electron chi connectivity index (χ4n) is 2.58. The van der Waals surface area contributed by atoms with Crippen molar-refractivity contribution in [3.05, 3.63) is 30.4 Å². The van der Waals surface area contributed by atoms with Crippen LogP contribution < -0.4 is 5.73 Å². The Bertz CT molecular complexity index is 605. The molecule has 7 nitrogen and oxygen atoms in total. The molecule has 0 aromatic carbocycles. The highest BCUT2D eigenvalue weighted by Crippen LogP contribution is 2.28. The van der Waals surface area contributed by atoms with Crippen LogP contribution in [0, 0.1) is 0 Å². The molecule has 1 fully saturated rings. The second-order valence-corrected chi connectivity index (χ2v) is 5.21. The van der Waals surface area contributed by atoms with Crippen LogP contribution in [0.25, 0.3) is 11.4 Å². The average Bonchev–Trinajstić information content (AvgIpc) is 2.98. The van der Waals surface area contributed by atoms with Crippen LogP contribution in [0.15, 0.2) is 29.0 Å². The first-order chi connectivity index (χ1) is 10.2. The lowest BCUT2D eigenvalue weighted by Gasteiger charge is -2.29. The van der Waals surface area contributed by atoms with Crippen molar-refractivity contribution in [2.24, 2.45) is 5.73 Å². The summed E-state index contributed by atoms with van der Waals surface area (Å²) in [5, 5.41) is 4.03. The molecule has 7 heteroatoms. The highest BCUT2D eigenvalue weighted by molar-refractivity contribution is 5.75. The maximum atomic E-state index is 10.9. The van der Waals surface area contributed by atoms with Gasteiger partial charge in [0.05, 0.1) is 6.54 Å². The van der Waals surface area contributed by atoms with Crippen LogP contribution in [0.2, 0.25) is 0 Å². The lowest BCUT2D eigenvalue weighted by Crippen LogP contribution is -2.39. The number of primary amides is 1. The number of likely N-dealkylation sites (tertiary alicyclic amines) is 1. The van der Waals surface area contributed by atoms with Crippen molar-refractivity contribution < 1.29 is 9.32 Å². The van der Waals surface area contributed by atoms with Crippen molar-refractivity contribution >= 4 is 5.91 Å². The van der Waals surface area contributed by atoms with Crippen molar-refractivity contribution in [3.8, 4) is 11.4 Å². The van der Waals surface area contributed by atoms with Crippen molar-refractivity contribution in [2.75, 3.05) is 19.6 Å². The first kappa shape index (κ1) is 13.7. The quantitative estimate of drug-likeness (QED) is 0.893. The van der Waals surface area contributed by atoms with Crippen molar-refractivity contribution in [1.82, 2.24) is 20.0 Å². The largest absolute Gasteiger partial charge is 0.369 e. The molecule has 1 saturated heterocycles. The van der Waals surface area contributed by atoms with Crippen molar-refractivity contribution in [3.63, 3.8) is 0 Å². The molecule has 0 radical (unpaired) electrons. The lowest BCUT2D eigenvalue weighted by molar-refractivity contribution is -0.119. The lowest BCUT2D eigenvalue weighted by atomic mass is 9.97. The number of hydrogen-bond acceptors (Lipinski definition) is 6. The van der Waals surface area contributed by atoms with Gasteiger partial charge in [-0.3, -0.25) is 14.7 Å². The Labute approximate surface area is 122 Å². The van der Waals surface area contributed by atoms with Gasteiger partial charge in [0.1, 0.15) is 0 Å². The van der Waals surface area contributed by atoms with E-state index in [0.29, 0.717) is 18.3 Å². The van der Waals surface area contributed by atoms with Crippen LogP contribution in [0.3, 0.4) is 0 Å². The summed E-state index contributed by atoms with van der Waals surface area (Å²) >= 11 is 0. The predicted octanol–water partition coefficient (Wildman–Crippen LogP) is 0.796. The topological polar surface area (TPSA) is 98.1 Å². The van der Waals surface area contributed by atoms with Gasteiger partial charge in [0, 0.05) is 23.9 Å². The van der Waals surface area contributed by atoms with E-state index in [-0.39, 0.29) is 11.8 Å². The third-order valence-electron chi connectivity index (χ3n) is 3.70. The summed E-state index contributed by atoms with van der Waals surface area (Å²) in [5.41, 5.74) is 6.10. The first-order valence-corrected chi connectivity index (χ1v) is 6.97. The molecule has 0 spiro atoms. The molecule has 0 aliphatic carbocycles. The summed E-state index contributed by atoms with van der Waals surface area (Å²) in [6.07, 6.45) is 5.19. The summed E-state index contributed by atoms with van der Waals surface area (Å²) < 4.78 is 5.38. The third kappa shape index (κ3) is 3.25. The molecule has 1 aliphatic heterocycles. The molecule has 0 unspecified atom stereocenters. The molecule has 3 rings (SSSR count). The van der Waals surface area contributed by atoms with E-state index in [1.165, 1.54) is 0 Å². The zero-order valence-corrected chi connectivity index (χ0v) is 11.6. The number of rotatable bonds is 4. The second-order valence-electron chi connectivity index (χ2n) is 5.21. The molecule has 2 aromatic heterocycles. The Morgan fingerprint density at radius 1 is 1.33 bits per heavy atom. The predicted molar refractivity (Wildman–Crippen MR) is 75.1 cm³/mol. The highest BCUT2D eigenvalue weighted by Gasteiger charge is 2.25. The van der Waals surface area contributed by atoms with Crippen LogP contribution in [0.5, 0.6) is 0 Å². The van der Waals surface area contributed by atoms with E-state index in [2.05, 4.69) is 20.0 Å². The number of pyridine rings is 1. The minimum Gasteiger partial charge on any atom is -0.369 e. The number of amides is 1. The normalized spacial score (nSPS) is 17.0. The Morgan fingerprint density at radius 2 is 2.05 bits per heavy atom.